The lowest BCUT2D eigenvalue weighted by Crippen LogP contribution is -2.23. The van der Waals surface area contributed by atoms with Gasteiger partial charge in [0.25, 0.3) is 0 Å². The van der Waals surface area contributed by atoms with Crippen LogP contribution in [-0.2, 0) is 0 Å². The molecule has 0 radical (unpaired) electrons. The summed E-state index contributed by atoms with van der Waals surface area (Å²) in [4.78, 5) is 0. The molecule has 0 N–H and O–H groups in total. The fourth-order valence-electron chi connectivity index (χ4n) is 2.04. The number of rotatable bonds is 4. The summed E-state index contributed by atoms with van der Waals surface area (Å²) in [6.45, 7) is 4.86. The quantitative estimate of drug-likeness (QED) is 0.729. The summed E-state index contributed by atoms with van der Waals surface area (Å²) in [6.07, 6.45) is 7.23. The Morgan fingerprint density at radius 3 is 1.69 bits per heavy atom. The van der Waals surface area contributed by atoms with E-state index in [2.05, 4.69) is 38.1 Å². The van der Waals surface area contributed by atoms with Crippen LogP contribution >= 0.6 is 35.3 Å². The van der Waals surface area contributed by atoms with Gasteiger partial charge in [-0.2, -0.15) is 23.5 Å². The maximum Gasteiger partial charge on any atom is 0.0228 e. The Kier molecular flexibility index (Phi) is 4.39. The summed E-state index contributed by atoms with van der Waals surface area (Å²) in [5.74, 6) is 2.61. The molecule has 2 atom stereocenters. The molecule has 2 unspecified atom stereocenters. The second kappa shape index (κ2) is 4.71. The van der Waals surface area contributed by atoms with Gasteiger partial charge in [0.2, 0.25) is 0 Å². The third-order valence-corrected chi connectivity index (χ3v) is 6.47. The monoisotopic (exact) mass is 236 g/mol. The zero-order valence-corrected chi connectivity index (χ0v) is 11.5. The van der Waals surface area contributed by atoms with E-state index in [1.807, 2.05) is 23.5 Å². The molecule has 3 heteroatoms. The van der Waals surface area contributed by atoms with E-state index in [1.165, 1.54) is 24.3 Å². The minimum Gasteiger partial charge on any atom is -0.164 e. The van der Waals surface area contributed by atoms with Crippen LogP contribution in [0.2, 0.25) is 0 Å². The van der Waals surface area contributed by atoms with E-state index >= 15 is 0 Å². The highest BCUT2D eigenvalue weighted by atomic mass is 32.2. The van der Waals surface area contributed by atoms with Crippen LogP contribution in [0.3, 0.4) is 0 Å². The summed E-state index contributed by atoms with van der Waals surface area (Å²) in [5.41, 5.74) is 0. The minimum atomic E-state index is 0.546. The minimum absolute atomic E-state index is 0.546. The number of thioether (sulfide) groups is 3. The number of hydrogen-bond donors (Lipinski definition) is 0. The van der Waals surface area contributed by atoms with Gasteiger partial charge >= 0.3 is 0 Å². The van der Waals surface area contributed by atoms with Gasteiger partial charge in [0.05, 0.1) is 0 Å². The zero-order chi connectivity index (χ0) is 9.95. The Morgan fingerprint density at radius 1 is 1.00 bits per heavy atom. The lowest BCUT2D eigenvalue weighted by molar-refractivity contribution is 0.600. The summed E-state index contributed by atoms with van der Waals surface area (Å²) in [7, 11) is 0. The molecule has 78 valence electrons. The fourth-order valence-corrected chi connectivity index (χ4v) is 6.33. The third-order valence-electron chi connectivity index (χ3n) is 2.57. The van der Waals surface area contributed by atoms with Gasteiger partial charge in [-0.3, -0.25) is 0 Å². The molecule has 0 amide bonds. The van der Waals surface area contributed by atoms with E-state index in [0.717, 1.165) is 0 Å². The molecule has 0 aromatic rings. The van der Waals surface area contributed by atoms with E-state index < -0.39 is 0 Å². The molecule has 0 saturated carbocycles. The van der Waals surface area contributed by atoms with E-state index in [4.69, 9.17) is 0 Å². The number of hydrogen-bond acceptors (Lipinski definition) is 3. The van der Waals surface area contributed by atoms with Gasteiger partial charge in [0.1, 0.15) is 0 Å². The zero-order valence-electron chi connectivity index (χ0n) is 9.05. The van der Waals surface area contributed by atoms with E-state index in [0.29, 0.717) is 9.49 Å². The van der Waals surface area contributed by atoms with Crippen molar-refractivity contribution in [2.24, 2.45) is 0 Å². The second-order valence-electron chi connectivity index (χ2n) is 4.37. The molecular weight excluding hydrogens is 216 g/mol. The van der Waals surface area contributed by atoms with Gasteiger partial charge in [0.15, 0.2) is 0 Å². The van der Waals surface area contributed by atoms with Crippen molar-refractivity contribution in [1.82, 2.24) is 0 Å². The van der Waals surface area contributed by atoms with Crippen LogP contribution in [0.15, 0.2) is 0 Å². The van der Waals surface area contributed by atoms with Gasteiger partial charge < -0.3 is 0 Å². The SMILES string of the molecule is CSCC1(C)CCC(C)(CSC)S1. The first kappa shape index (κ1) is 12.1. The molecule has 0 aromatic carbocycles. The van der Waals surface area contributed by atoms with Crippen molar-refractivity contribution in [2.45, 2.75) is 36.2 Å². The molecule has 1 rings (SSSR count). The summed E-state index contributed by atoms with van der Waals surface area (Å²) in [5, 5.41) is 0. The first-order valence-corrected chi connectivity index (χ1v) is 8.32. The van der Waals surface area contributed by atoms with Gasteiger partial charge in [-0.05, 0) is 39.2 Å². The highest BCUT2D eigenvalue weighted by Crippen LogP contribution is 2.52. The van der Waals surface area contributed by atoms with Crippen LogP contribution in [0.25, 0.3) is 0 Å². The topological polar surface area (TPSA) is 0 Å². The van der Waals surface area contributed by atoms with Gasteiger partial charge in [-0.15, -0.1) is 11.8 Å². The summed E-state index contributed by atoms with van der Waals surface area (Å²) >= 11 is 6.20. The molecular formula is C10H20S3. The lowest BCUT2D eigenvalue weighted by atomic mass is 10.0. The third kappa shape index (κ3) is 3.28. The van der Waals surface area contributed by atoms with E-state index in [9.17, 15) is 0 Å². The van der Waals surface area contributed by atoms with Crippen molar-refractivity contribution in [2.75, 3.05) is 24.0 Å². The van der Waals surface area contributed by atoms with E-state index in [-0.39, 0.29) is 0 Å². The molecule has 0 bridgehead atoms. The van der Waals surface area contributed by atoms with Crippen molar-refractivity contribution >= 4 is 35.3 Å². The van der Waals surface area contributed by atoms with Crippen LogP contribution in [-0.4, -0.2) is 33.5 Å². The first-order chi connectivity index (χ1) is 6.04. The predicted molar refractivity (Wildman–Crippen MR) is 70.4 cm³/mol. The second-order valence-corrected chi connectivity index (χ2v) is 8.28. The van der Waals surface area contributed by atoms with Gasteiger partial charge in [0, 0.05) is 21.0 Å². The molecule has 1 aliphatic rings. The molecule has 1 heterocycles. The van der Waals surface area contributed by atoms with Crippen molar-refractivity contribution in [1.29, 1.82) is 0 Å². The Balaban J connectivity index is 2.51. The largest absolute Gasteiger partial charge is 0.164 e. The van der Waals surface area contributed by atoms with Crippen LogP contribution in [0.4, 0.5) is 0 Å². The first-order valence-electron chi connectivity index (χ1n) is 4.72. The smallest absolute Gasteiger partial charge is 0.0228 e. The van der Waals surface area contributed by atoms with E-state index in [1.54, 1.807) is 0 Å². The molecule has 0 nitrogen and oxygen atoms in total. The Labute approximate surface area is 95.4 Å². The van der Waals surface area contributed by atoms with Crippen LogP contribution in [0, 0.1) is 0 Å². The standard InChI is InChI=1S/C10H20S3/c1-9(7-11-3)5-6-10(2,13-9)8-12-4/h5-8H2,1-4H3. The normalized spacial score (nSPS) is 39.7. The molecule has 1 fully saturated rings. The van der Waals surface area contributed by atoms with Crippen LogP contribution in [0.5, 0.6) is 0 Å². The Morgan fingerprint density at radius 2 is 1.38 bits per heavy atom. The molecule has 0 aliphatic carbocycles. The Bertz CT molecular complexity index is 154. The van der Waals surface area contributed by atoms with Crippen molar-refractivity contribution < 1.29 is 0 Å². The maximum absolute atomic E-state index is 2.43. The lowest BCUT2D eigenvalue weighted by Gasteiger charge is -2.27. The summed E-state index contributed by atoms with van der Waals surface area (Å²) in [6, 6.07) is 0. The van der Waals surface area contributed by atoms with Crippen molar-refractivity contribution in [3.05, 3.63) is 0 Å². The highest BCUT2D eigenvalue weighted by Gasteiger charge is 2.42. The molecule has 1 saturated heterocycles. The average Bonchev–Trinajstić information content (AvgIpc) is 2.29. The van der Waals surface area contributed by atoms with Gasteiger partial charge in [-0.25, -0.2) is 0 Å². The van der Waals surface area contributed by atoms with Crippen molar-refractivity contribution in [3.8, 4) is 0 Å². The fraction of sp³-hybridized carbons (Fsp3) is 1.00. The predicted octanol–water partition coefficient (Wildman–Crippen LogP) is 3.76. The molecule has 1 aliphatic heterocycles. The summed E-state index contributed by atoms with van der Waals surface area (Å²) < 4.78 is 1.09. The van der Waals surface area contributed by atoms with Crippen LogP contribution < -0.4 is 0 Å². The van der Waals surface area contributed by atoms with Crippen molar-refractivity contribution in [3.63, 3.8) is 0 Å². The maximum atomic E-state index is 2.43. The van der Waals surface area contributed by atoms with Crippen LogP contribution in [0.1, 0.15) is 26.7 Å². The average molecular weight is 236 g/mol. The highest BCUT2D eigenvalue weighted by molar-refractivity contribution is 8.06. The Hall–Kier alpha value is 1.05. The molecule has 0 spiro atoms. The molecule has 13 heavy (non-hydrogen) atoms. The van der Waals surface area contributed by atoms with Gasteiger partial charge in [-0.1, -0.05) is 0 Å². The molecule has 0 aromatic heterocycles.